The van der Waals surface area contributed by atoms with Gasteiger partial charge in [0.25, 0.3) is 0 Å². The molecular weight excluding hydrogens is 320 g/mol. The number of carbonyl (C=O) groups excluding carboxylic acids is 1. The second-order valence-electron chi connectivity index (χ2n) is 5.40. The number of nitrogens with one attached hydrogen (secondary N) is 2. The van der Waals surface area contributed by atoms with Crippen molar-refractivity contribution in [1.29, 1.82) is 0 Å². The van der Waals surface area contributed by atoms with Crippen LogP contribution in [0.25, 0.3) is 0 Å². The second-order valence-corrected chi connectivity index (χ2v) is 5.40. The number of carbonyl (C=O) groups is 1. The molecule has 2 rings (SSSR count). The van der Waals surface area contributed by atoms with E-state index in [0.717, 1.165) is 11.3 Å². The molecule has 0 saturated heterocycles. The van der Waals surface area contributed by atoms with Gasteiger partial charge in [0, 0.05) is 0 Å². The maximum atomic E-state index is 12.0. The van der Waals surface area contributed by atoms with Crippen molar-refractivity contribution in [3.63, 3.8) is 0 Å². The zero-order chi connectivity index (χ0) is 18.1. The summed E-state index contributed by atoms with van der Waals surface area (Å²) in [6.45, 7) is 2.73. The fourth-order valence-electron chi connectivity index (χ4n) is 2.30. The Morgan fingerprint density at radius 3 is 2.44 bits per heavy atom. The minimum atomic E-state index is -0.251. The van der Waals surface area contributed by atoms with Gasteiger partial charge in [-0.3, -0.25) is 0 Å². The summed E-state index contributed by atoms with van der Waals surface area (Å²) in [6, 6.07) is 14.6. The van der Waals surface area contributed by atoms with Crippen LogP contribution in [0.5, 0.6) is 17.2 Å². The molecule has 0 aliphatic carbocycles. The lowest BCUT2D eigenvalue weighted by atomic mass is 10.1. The number of ether oxygens (including phenoxy) is 3. The SMILES string of the molecule is COc1ccc(C(C)NC(=O)NCCOc2ccccc2)cc1OC. The van der Waals surface area contributed by atoms with E-state index in [1.54, 1.807) is 14.2 Å². The maximum absolute atomic E-state index is 12.0. The van der Waals surface area contributed by atoms with E-state index in [2.05, 4.69) is 10.6 Å². The Bertz CT molecular complexity index is 676. The van der Waals surface area contributed by atoms with Gasteiger partial charge >= 0.3 is 6.03 Å². The molecule has 134 valence electrons. The molecule has 0 heterocycles. The summed E-state index contributed by atoms with van der Waals surface area (Å²) in [6.07, 6.45) is 0. The minimum absolute atomic E-state index is 0.171. The summed E-state index contributed by atoms with van der Waals surface area (Å²) in [4.78, 5) is 12.0. The molecule has 0 aromatic heterocycles. The Kier molecular flexibility index (Phi) is 6.95. The molecule has 2 N–H and O–H groups in total. The molecule has 1 unspecified atom stereocenters. The van der Waals surface area contributed by atoms with Crippen LogP contribution in [0.1, 0.15) is 18.5 Å². The molecule has 0 saturated carbocycles. The van der Waals surface area contributed by atoms with Crippen LogP contribution in [-0.2, 0) is 0 Å². The summed E-state index contributed by atoms with van der Waals surface area (Å²) in [5.41, 5.74) is 0.924. The first-order valence-electron chi connectivity index (χ1n) is 8.08. The number of para-hydroxylation sites is 1. The zero-order valence-electron chi connectivity index (χ0n) is 14.7. The lowest BCUT2D eigenvalue weighted by Gasteiger charge is -2.17. The highest BCUT2D eigenvalue weighted by Gasteiger charge is 2.12. The van der Waals surface area contributed by atoms with Gasteiger partial charge in [-0.05, 0) is 36.8 Å². The van der Waals surface area contributed by atoms with Crippen molar-refractivity contribution < 1.29 is 19.0 Å². The Hall–Kier alpha value is -2.89. The third kappa shape index (κ3) is 5.60. The fourth-order valence-corrected chi connectivity index (χ4v) is 2.30. The molecule has 2 amide bonds. The van der Waals surface area contributed by atoms with Gasteiger partial charge in [0.05, 0.1) is 26.8 Å². The van der Waals surface area contributed by atoms with Crippen LogP contribution in [-0.4, -0.2) is 33.4 Å². The summed E-state index contributed by atoms with van der Waals surface area (Å²) in [5.74, 6) is 2.06. The Balaban J connectivity index is 1.78. The highest BCUT2D eigenvalue weighted by Crippen LogP contribution is 2.29. The van der Waals surface area contributed by atoms with Crippen LogP contribution >= 0.6 is 0 Å². The van der Waals surface area contributed by atoms with Crippen LogP contribution in [0, 0.1) is 0 Å². The largest absolute Gasteiger partial charge is 0.493 e. The summed E-state index contributed by atoms with van der Waals surface area (Å²) in [7, 11) is 3.17. The van der Waals surface area contributed by atoms with Crippen molar-refractivity contribution in [2.24, 2.45) is 0 Å². The maximum Gasteiger partial charge on any atom is 0.315 e. The standard InChI is InChI=1S/C19H24N2O4/c1-14(15-9-10-17(23-2)18(13-15)24-3)21-19(22)20-11-12-25-16-7-5-4-6-8-16/h4-10,13-14H,11-12H2,1-3H3,(H2,20,21,22). The van der Waals surface area contributed by atoms with Crippen LogP contribution < -0.4 is 24.8 Å². The van der Waals surface area contributed by atoms with Gasteiger partial charge in [0.15, 0.2) is 11.5 Å². The highest BCUT2D eigenvalue weighted by atomic mass is 16.5. The Labute approximate surface area is 148 Å². The number of amides is 2. The van der Waals surface area contributed by atoms with Crippen molar-refractivity contribution in [3.05, 3.63) is 54.1 Å². The lowest BCUT2D eigenvalue weighted by molar-refractivity contribution is 0.233. The predicted molar refractivity (Wildman–Crippen MR) is 96.4 cm³/mol. The number of urea groups is 1. The average molecular weight is 344 g/mol. The van der Waals surface area contributed by atoms with Crippen molar-refractivity contribution in [2.45, 2.75) is 13.0 Å². The molecule has 0 spiro atoms. The Morgan fingerprint density at radius 2 is 1.76 bits per heavy atom. The number of hydrogen-bond donors (Lipinski definition) is 2. The van der Waals surface area contributed by atoms with Crippen LogP contribution in [0.2, 0.25) is 0 Å². The van der Waals surface area contributed by atoms with Crippen molar-refractivity contribution in [2.75, 3.05) is 27.4 Å². The quantitative estimate of drug-likeness (QED) is 0.722. The van der Waals surface area contributed by atoms with Gasteiger partial charge in [0.2, 0.25) is 0 Å². The average Bonchev–Trinajstić information content (AvgIpc) is 2.65. The zero-order valence-corrected chi connectivity index (χ0v) is 14.7. The van der Waals surface area contributed by atoms with Gasteiger partial charge in [0.1, 0.15) is 12.4 Å². The molecule has 6 nitrogen and oxygen atoms in total. The fraction of sp³-hybridized carbons (Fsp3) is 0.316. The third-order valence-corrected chi connectivity index (χ3v) is 3.65. The number of benzene rings is 2. The number of hydrogen-bond acceptors (Lipinski definition) is 4. The molecule has 0 aliphatic rings. The third-order valence-electron chi connectivity index (χ3n) is 3.65. The topological polar surface area (TPSA) is 68.8 Å². The first-order valence-corrected chi connectivity index (χ1v) is 8.08. The molecule has 0 aliphatic heterocycles. The minimum Gasteiger partial charge on any atom is -0.493 e. The first kappa shape index (κ1) is 18.4. The highest BCUT2D eigenvalue weighted by molar-refractivity contribution is 5.74. The normalized spacial score (nSPS) is 11.3. The van der Waals surface area contributed by atoms with E-state index in [9.17, 15) is 4.79 Å². The monoisotopic (exact) mass is 344 g/mol. The predicted octanol–water partition coefficient (Wildman–Crippen LogP) is 3.14. The van der Waals surface area contributed by atoms with Crippen LogP contribution in [0.4, 0.5) is 4.79 Å². The molecular formula is C19H24N2O4. The van der Waals surface area contributed by atoms with Crippen molar-refractivity contribution in [1.82, 2.24) is 10.6 Å². The van der Waals surface area contributed by atoms with E-state index in [4.69, 9.17) is 14.2 Å². The van der Waals surface area contributed by atoms with E-state index in [-0.39, 0.29) is 12.1 Å². The Morgan fingerprint density at radius 1 is 1.04 bits per heavy atom. The van der Waals surface area contributed by atoms with Gasteiger partial charge in [-0.15, -0.1) is 0 Å². The molecule has 1 atom stereocenters. The van der Waals surface area contributed by atoms with E-state index >= 15 is 0 Å². The van der Waals surface area contributed by atoms with Gasteiger partial charge < -0.3 is 24.8 Å². The van der Waals surface area contributed by atoms with E-state index in [1.807, 2.05) is 55.5 Å². The van der Waals surface area contributed by atoms with Crippen molar-refractivity contribution >= 4 is 6.03 Å². The molecule has 2 aromatic carbocycles. The molecule has 25 heavy (non-hydrogen) atoms. The molecule has 0 bridgehead atoms. The van der Waals surface area contributed by atoms with E-state index < -0.39 is 0 Å². The number of rotatable bonds is 8. The van der Waals surface area contributed by atoms with E-state index in [1.165, 1.54) is 0 Å². The van der Waals surface area contributed by atoms with Gasteiger partial charge in [-0.1, -0.05) is 24.3 Å². The summed E-state index contributed by atoms with van der Waals surface area (Å²) >= 11 is 0. The van der Waals surface area contributed by atoms with Crippen LogP contribution in [0.3, 0.4) is 0 Å². The second kappa shape index (κ2) is 9.42. The van der Waals surface area contributed by atoms with Gasteiger partial charge in [-0.2, -0.15) is 0 Å². The van der Waals surface area contributed by atoms with Crippen molar-refractivity contribution in [3.8, 4) is 17.2 Å². The molecule has 2 aromatic rings. The lowest BCUT2D eigenvalue weighted by Crippen LogP contribution is -2.39. The van der Waals surface area contributed by atoms with Gasteiger partial charge in [-0.25, -0.2) is 4.79 Å². The van der Waals surface area contributed by atoms with Crippen LogP contribution in [0.15, 0.2) is 48.5 Å². The molecule has 0 fully saturated rings. The molecule has 0 radical (unpaired) electrons. The summed E-state index contributed by atoms with van der Waals surface area (Å²) < 4.78 is 16.0. The smallest absolute Gasteiger partial charge is 0.315 e. The number of methoxy groups -OCH3 is 2. The molecule has 6 heteroatoms. The first-order chi connectivity index (χ1) is 12.1. The summed E-state index contributed by atoms with van der Waals surface area (Å²) in [5, 5.41) is 5.66. The van der Waals surface area contributed by atoms with E-state index in [0.29, 0.717) is 24.7 Å².